The van der Waals surface area contributed by atoms with Crippen LogP contribution in [0.2, 0.25) is 0 Å². The number of hydrogen-bond acceptors (Lipinski definition) is 5. The molecule has 7 nitrogen and oxygen atoms in total. The molecule has 0 radical (unpaired) electrons. The van der Waals surface area contributed by atoms with Crippen LogP contribution >= 0.6 is 0 Å². The Balaban J connectivity index is 1.97. The van der Waals surface area contributed by atoms with E-state index in [2.05, 4.69) is 20.4 Å². The Morgan fingerprint density at radius 2 is 1.96 bits per heavy atom. The molecule has 0 aliphatic heterocycles. The lowest BCUT2D eigenvalue weighted by Gasteiger charge is -2.11. The quantitative estimate of drug-likeness (QED) is 0.719. The van der Waals surface area contributed by atoms with Crippen molar-refractivity contribution in [2.24, 2.45) is 0 Å². The summed E-state index contributed by atoms with van der Waals surface area (Å²) < 4.78 is 14.7. The second-order valence-electron chi connectivity index (χ2n) is 6.32. The number of nitrogens with zero attached hydrogens (tertiary/aromatic N) is 4. The van der Waals surface area contributed by atoms with Crippen LogP contribution < -0.4 is 5.32 Å². The van der Waals surface area contributed by atoms with Gasteiger partial charge < -0.3 is 10.4 Å². The van der Waals surface area contributed by atoms with Crippen LogP contribution in [0, 0.1) is 19.7 Å². The number of rotatable bonds is 5. The fraction of sp³-hybridized carbons (Fsp3) is 0.263. The average molecular weight is 369 g/mol. The van der Waals surface area contributed by atoms with E-state index in [1.165, 1.54) is 23.0 Å². The molecule has 2 aromatic heterocycles. The largest absolute Gasteiger partial charge is 0.394 e. The number of benzene rings is 1. The molecule has 1 atom stereocenters. The van der Waals surface area contributed by atoms with Gasteiger partial charge in [-0.1, -0.05) is 0 Å². The van der Waals surface area contributed by atoms with Gasteiger partial charge >= 0.3 is 0 Å². The molecule has 0 spiro atoms. The van der Waals surface area contributed by atoms with Crippen molar-refractivity contribution in [2.75, 3.05) is 6.61 Å². The van der Waals surface area contributed by atoms with Gasteiger partial charge in [-0.15, -0.1) is 0 Å². The third-order valence-electron chi connectivity index (χ3n) is 4.17. The molecule has 27 heavy (non-hydrogen) atoms. The lowest BCUT2D eigenvalue weighted by atomic mass is 10.1. The Kier molecular flexibility index (Phi) is 5.27. The number of nitrogens with one attached hydrogen (secondary N) is 1. The van der Waals surface area contributed by atoms with Gasteiger partial charge in [0, 0.05) is 17.8 Å². The summed E-state index contributed by atoms with van der Waals surface area (Å²) in [6.07, 6.45) is 3.10. The maximum Gasteiger partial charge on any atom is 0.255 e. The molecule has 2 N–H and O–H groups in total. The topological polar surface area (TPSA) is 92.9 Å². The standard InChI is InChI=1S/C19H20FN5O2/c1-11-8-21-19(24-17(11)14-4-6-15(20)7-5-14)25-13(3)16(9-22-25)18(27)23-12(2)10-26/h4-9,12,26H,10H2,1-3H3,(H,23,27)/t12-/m0/s1. The zero-order valence-corrected chi connectivity index (χ0v) is 15.3. The van der Waals surface area contributed by atoms with E-state index < -0.39 is 0 Å². The number of aryl methyl sites for hydroxylation is 1. The zero-order chi connectivity index (χ0) is 19.6. The third kappa shape index (κ3) is 3.85. The maximum absolute atomic E-state index is 13.2. The molecule has 1 amide bonds. The first-order valence-corrected chi connectivity index (χ1v) is 8.47. The number of aromatic nitrogens is 4. The SMILES string of the molecule is Cc1cnc(-n2ncc(C(=O)N[C@@H](C)CO)c2C)nc1-c1ccc(F)cc1. The zero-order valence-electron chi connectivity index (χ0n) is 15.3. The van der Waals surface area contributed by atoms with E-state index in [-0.39, 0.29) is 24.4 Å². The van der Waals surface area contributed by atoms with Crippen molar-refractivity contribution in [1.29, 1.82) is 0 Å². The normalized spacial score (nSPS) is 12.0. The van der Waals surface area contributed by atoms with Crippen LogP contribution in [0.3, 0.4) is 0 Å². The van der Waals surface area contributed by atoms with Crippen molar-refractivity contribution >= 4 is 5.91 Å². The number of carbonyl (C=O) groups excluding carboxylic acids is 1. The van der Waals surface area contributed by atoms with Crippen LogP contribution in [0.5, 0.6) is 0 Å². The molecule has 0 fully saturated rings. The third-order valence-corrected chi connectivity index (χ3v) is 4.17. The Hall–Kier alpha value is -3.13. The number of aliphatic hydroxyl groups excluding tert-OH is 1. The molecule has 0 saturated carbocycles. The van der Waals surface area contributed by atoms with E-state index in [1.807, 2.05) is 6.92 Å². The highest BCUT2D eigenvalue weighted by molar-refractivity contribution is 5.95. The van der Waals surface area contributed by atoms with Gasteiger partial charge in [0.25, 0.3) is 11.9 Å². The highest BCUT2D eigenvalue weighted by Gasteiger charge is 2.18. The molecule has 1 aromatic carbocycles. The summed E-state index contributed by atoms with van der Waals surface area (Å²) in [5.41, 5.74) is 3.21. The lowest BCUT2D eigenvalue weighted by molar-refractivity contribution is 0.0921. The molecule has 3 aromatic rings. The van der Waals surface area contributed by atoms with Crippen molar-refractivity contribution in [1.82, 2.24) is 25.1 Å². The highest BCUT2D eigenvalue weighted by Crippen LogP contribution is 2.22. The molecule has 0 bridgehead atoms. The summed E-state index contributed by atoms with van der Waals surface area (Å²) in [7, 11) is 0. The lowest BCUT2D eigenvalue weighted by Crippen LogP contribution is -2.35. The predicted octanol–water partition coefficient (Wildman–Crippen LogP) is 2.20. The summed E-state index contributed by atoms with van der Waals surface area (Å²) in [6.45, 7) is 5.16. The minimum Gasteiger partial charge on any atom is -0.394 e. The molecule has 0 saturated heterocycles. The maximum atomic E-state index is 13.2. The van der Waals surface area contributed by atoms with Crippen LogP contribution in [0.1, 0.15) is 28.5 Å². The summed E-state index contributed by atoms with van der Waals surface area (Å²) in [5, 5.41) is 16.0. The summed E-state index contributed by atoms with van der Waals surface area (Å²) in [4.78, 5) is 21.2. The molecule has 0 aliphatic carbocycles. The summed E-state index contributed by atoms with van der Waals surface area (Å²) >= 11 is 0. The van der Waals surface area contributed by atoms with Crippen molar-refractivity contribution in [3.63, 3.8) is 0 Å². The first-order chi connectivity index (χ1) is 12.9. The van der Waals surface area contributed by atoms with E-state index >= 15 is 0 Å². The van der Waals surface area contributed by atoms with E-state index in [0.29, 0.717) is 22.9 Å². The Morgan fingerprint density at radius 3 is 2.63 bits per heavy atom. The van der Waals surface area contributed by atoms with Gasteiger partial charge in [-0.05, 0) is 50.6 Å². The molecule has 3 rings (SSSR count). The molecule has 0 aliphatic rings. The molecule has 0 unspecified atom stereocenters. The Morgan fingerprint density at radius 1 is 1.26 bits per heavy atom. The summed E-state index contributed by atoms with van der Waals surface area (Å²) in [5.74, 6) is -0.334. The average Bonchev–Trinajstić information content (AvgIpc) is 3.04. The number of carbonyl (C=O) groups is 1. The van der Waals surface area contributed by atoms with Crippen LogP contribution in [-0.4, -0.2) is 43.4 Å². The van der Waals surface area contributed by atoms with Gasteiger partial charge in [0.2, 0.25) is 0 Å². The van der Waals surface area contributed by atoms with Crippen molar-refractivity contribution in [2.45, 2.75) is 26.8 Å². The minimum atomic E-state index is -0.360. The van der Waals surface area contributed by atoms with E-state index in [9.17, 15) is 9.18 Å². The van der Waals surface area contributed by atoms with Crippen molar-refractivity contribution in [3.05, 3.63) is 59.3 Å². The molecule has 140 valence electrons. The first kappa shape index (κ1) is 18.7. The number of hydrogen-bond donors (Lipinski definition) is 2. The Labute approximate surface area is 155 Å². The van der Waals surface area contributed by atoms with E-state index in [4.69, 9.17) is 5.11 Å². The summed E-state index contributed by atoms with van der Waals surface area (Å²) in [6, 6.07) is 5.70. The van der Waals surface area contributed by atoms with Crippen molar-refractivity contribution in [3.8, 4) is 17.2 Å². The van der Waals surface area contributed by atoms with E-state index in [1.54, 1.807) is 32.2 Å². The van der Waals surface area contributed by atoms with Gasteiger partial charge in [-0.3, -0.25) is 4.79 Å². The second-order valence-corrected chi connectivity index (χ2v) is 6.32. The minimum absolute atomic E-state index is 0.152. The van der Waals surface area contributed by atoms with Gasteiger partial charge in [0.1, 0.15) is 5.82 Å². The molecule has 2 heterocycles. The van der Waals surface area contributed by atoms with Gasteiger partial charge in [-0.25, -0.2) is 19.0 Å². The molecular formula is C19H20FN5O2. The van der Waals surface area contributed by atoms with Crippen LogP contribution in [0.25, 0.3) is 17.2 Å². The van der Waals surface area contributed by atoms with Crippen LogP contribution in [0.4, 0.5) is 4.39 Å². The van der Waals surface area contributed by atoms with Crippen LogP contribution in [-0.2, 0) is 0 Å². The second kappa shape index (κ2) is 7.63. The van der Waals surface area contributed by atoms with Gasteiger partial charge in [0.05, 0.1) is 29.8 Å². The Bertz CT molecular complexity index is 969. The van der Waals surface area contributed by atoms with Crippen LogP contribution in [0.15, 0.2) is 36.7 Å². The smallest absolute Gasteiger partial charge is 0.255 e. The highest BCUT2D eigenvalue weighted by atomic mass is 19.1. The van der Waals surface area contributed by atoms with Crippen molar-refractivity contribution < 1.29 is 14.3 Å². The predicted molar refractivity (Wildman–Crippen MR) is 98.0 cm³/mol. The number of aliphatic hydroxyl groups is 1. The molecular weight excluding hydrogens is 349 g/mol. The fourth-order valence-corrected chi connectivity index (χ4v) is 2.62. The molecule has 8 heteroatoms. The monoisotopic (exact) mass is 369 g/mol. The number of amides is 1. The van der Waals surface area contributed by atoms with Gasteiger partial charge in [0.15, 0.2) is 0 Å². The number of halogens is 1. The van der Waals surface area contributed by atoms with E-state index in [0.717, 1.165) is 11.1 Å². The van der Waals surface area contributed by atoms with Gasteiger partial charge in [-0.2, -0.15) is 5.10 Å². The fourth-order valence-electron chi connectivity index (χ4n) is 2.62. The first-order valence-electron chi connectivity index (χ1n) is 8.47.